The number of hydrogen-bond donors (Lipinski definition) is 1. The molecule has 0 aromatic heterocycles. The lowest BCUT2D eigenvalue weighted by molar-refractivity contribution is 0.414. The zero-order chi connectivity index (χ0) is 14.0. The molecule has 0 aliphatic heterocycles. The number of hydrogen-bond acceptors (Lipinski definition) is 3. The first kappa shape index (κ1) is 13.5. The summed E-state index contributed by atoms with van der Waals surface area (Å²) >= 11 is 0. The van der Waals surface area contributed by atoms with Gasteiger partial charge in [-0.15, -0.1) is 0 Å². The zero-order valence-corrected chi connectivity index (χ0v) is 10.9. The van der Waals surface area contributed by atoms with E-state index in [1.807, 2.05) is 0 Å². The van der Waals surface area contributed by atoms with E-state index in [4.69, 9.17) is 9.88 Å². The molecule has 0 heterocycles. The molecule has 2 aromatic rings. The standard InChI is InChI=1S/C13H12FNO3S/c1-18-11-6-7-13(19(15,16)17)12(8-11)9-2-4-10(14)5-3-9/h2-8H,1H3,(H2,15,16,17). The molecule has 0 atom stereocenters. The third-order valence-corrected chi connectivity index (χ3v) is 3.62. The van der Waals surface area contributed by atoms with Crippen molar-refractivity contribution in [2.75, 3.05) is 7.11 Å². The topological polar surface area (TPSA) is 69.4 Å². The van der Waals surface area contributed by atoms with E-state index in [2.05, 4.69) is 0 Å². The van der Waals surface area contributed by atoms with Crippen LogP contribution in [0, 0.1) is 5.82 Å². The maximum atomic E-state index is 12.9. The van der Waals surface area contributed by atoms with Gasteiger partial charge in [-0.3, -0.25) is 0 Å². The van der Waals surface area contributed by atoms with Crippen LogP contribution in [-0.4, -0.2) is 15.5 Å². The predicted molar refractivity (Wildman–Crippen MR) is 69.8 cm³/mol. The second kappa shape index (κ2) is 4.99. The second-order valence-corrected chi connectivity index (χ2v) is 5.44. The van der Waals surface area contributed by atoms with E-state index in [0.29, 0.717) is 16.9 Å². The summed E-state index contributed by atoms with van der Waals surface area (Å²) in [5.41, 5.74) is 0.922. The number of methoxy groups -OCH3 is 1. The highest BCUT2D eigenvalue weighted by Gasteiger charge is 2.16. The smallest absolute Gasteiger partial charge is 0.238 e. The minimum atomic E-state index is -3.87. The Bertz CT molecular complexity index is 696. The van der Waals surface area contributed by atoms with E-state index < -0.39 is 15.8 Å². The first-order valence-corrected chi connectivity index (χ1v) is 6.93. The molecule has 0 spiro atoms. The molecule has 2 N–H and O–H groups in total. The van der Waals surface area contributed by atoms with Gasteiger partial charge in [-0.25, -0.2) is 17.9 Å². The monoisotopic (exact) mass is 281 g/mol. The van der Waals surface area contributed by atoms with Gasteiger partial charge in [0.2, 0.25) is 10.0 Å². The first-order chi connectivity index (χ1) is 8.91. The van der Waals surface area contributed by atoms with E-state index in [-0.39, 0.29) is 4.90 Å². The minimum Gasteiger partial charge on any atom is -0.497 e. The van der Waals surface area contributed by atoms with E-state index in [1.54, 1.807) is 6.07 Å². The Kier molecular flexibility index (Phi) is 3.55. The summed E-state index contributed by atoms with van der Waals surface area (Å²) in [5.74, 6) is 0.0931. The Morgan fingerprint density at radius 3 is 2.26 bits per heavy atom. The van der Waals surface area contributed by atoms with Crippen molar-refractivity contribution in [1.29, 1.82) is 0 Å². The highest BCUT2D eigenvalue weighted by molar-refractivity contribution is 7.89. The Labute approximate surface area is 110 Å². The Hall–Kier alpha value is -1.92. The van der Waals surface area contributed by atoms with Gasteiger partial charge >= 0.3 is 0 Å². The second-order valence-electron chi connectivity index (χ2n) is 3.91. The van der Waals surface area contributed by atoms with Gasteiger partial charge in [-0.2, -0.15) is 0 Å². The number of sulfonamides is 1. The van der Waals surface area contributed by atoms with Crippen LogP contribution < -0.4 is 9.88 Å². The van der Waals surface area contributed by atoms with Crippen molar-refractivity contribution in [1.82, 2.24) is 0 Å². The van der Waals surface area contributed by atoms with Crippen molar-refractivity contribution in [2.24, 2.45) is 5.14 Å². The van der Waals surface area contributed by atoms with E-state index in [9.17, 15) is 12.8 Å². The summed E-state index contributed by atoms with van der Waals surface area (Å²) in [6.45, 7) is 0. The van der Waals surface area contributed by atoms with Crippen LogP contribution in [0.25, 0.3) is 11.1 Å². The number of rotatable bonds is 3. The largest absolute Gasteiger partial charge is 0.497 e. The number of nitrogens with two attached hydrogens (primary N) is 1. The molecular weight excluding hydrogens is 269 g/mol. The lowest BCUT2D eigenvalue weighted by Gasteiger charge is -2.10. The van der Waals surface area contributed by atoms with Crippen molar-refractivity contribution in [2.45, 2.75) is 4.90 Å². The van der Waals surface area contributed by atoms with Crippen LogP contribution in [0.2, 0.25) is 0 Å². The lowest BCUT2D eigenvalue weighted by atomic mass is 10.1. The van der Waals surface area contributed by atoms with E-state index >= 15 is 0 Å². The van der Waals surface area contributed by atoms with Crippen LogP contribution >= 0.6 is 0 Å². The van der Waals surface area contributed by atoms with Crippen molar-refractivity contribution in [3.8, 4) is 16.9 Å². The molecule has 2 aromatic carbocycles. The molecule has 2 rings (SSSR count). The maximum Gasteiger partial charge on any atom is 0.238 e. The van der Waals surface area contributed by atoms with Crippen molar-refractivity contribution >= 4 is 10.0 Å². The molecular formula is C13H12FNO3S. The molecule has 0 fully saturated rings. The normalized spacial score (nSPS) is 11.3. The van der Waals surface area contributed by atoms with Gasteiger partial charge in [-0.1, -0.05) is 12.1 Å². The van der Waals surface area contributed by atoms with Crippen LogP contribution in [0.4, 0.5) is 4.39 Å². The van der Waals surface area contributed by atoms with Gasteiger partial charge < -0.3 is 4.74 Å². The van der Waals surface area contributed by atoms with Gasteiger partial charge in [-0.05, 0) is 35.9 Å². The van der Waals surface area contributed by atoms with Crippen LogP contribution in [0.3, 0.4) is 0 Å². The molecule has 6 heteroatoms. The molecule has 0 bridgehead atoms. The van der Waals surface area contributed by atoms with Gasteiger partial charge in [0, 0.05) is 5.56 Å². The lowest BCUT2D eigenvalue weighted by Crippen LogP contribution is -2.13. The SMILES string of the molecule is COc1ccc(S(N)(=O)=O)c(-c2ccc(F)cc2)c1. The Morgan fingerprint density at radius 2 is 1.74 bits per heavy atom. The van der Waals surface area contributed by atoms with Crippen LogP contribution in [0.1, 0.15) is 0 Å². The first-order valence-electron chi connectivity index (χ1n) is 5.38. The van der Waals surface area contributed by atoms with Gasteiger partial charge in [0.1, 0.15) is 11.6 Å². The quantitative estimate of drug-likeness (QED) is 0.937. The summed E-state index contributed by atoms with van der Waals surface area (Å²) in [7, 11) is -2.39. The van der Waals surface area contributed by atoms with E-state index in [0.717, 1.165) is 0 Å². The molecule has 100 valence electrons. The van der Waals surface area contributed by atoms with Gasteiger partial charge in [0.15, 0.2) is 0 Å². The maximum absolute atomic E-state index is 12.9. The predicted octanol–water partition coefficient (Wildman–Crippen LogP) is 2.15. The molecule has 0 amide bonds. The average Bonchev–Trinajstić information content (AvgIpc) is 2.38. The Morgan fingerprint density at radius 1 is 1.11 bits per heavy atom. The molecule has 0 aliphatic rings. The van der Waals surface area contributed by atoms with Gasteiger partial charge in [0.25, 0.3) is 0 Å². The van der Waals surface area contributed by atoms with E-state index in [1.165, 1.54) is 43.5 Å². The average molecular weight is 281 g/mol. The summed E-state index contributed by atoms with van der Waals surface area (Å²) in [6.07, 6.45) is 0. The fourth-order valence-electron chi connectivity index (χ4n) is 1.74. The highest BCUT2D eigenvalue weighted by atomic mass is 32.2. The minimum absolute atomic E-state index is 0.0279. The number of benzene rings is 2. The summed E-state index contributed by atoms with van der Waals surface area (Å²) in [4.78, 5) is -0.0279. The molecule has 0 aliphatic carbocycles. The van der Waals surface area contributed by atoms with Crippen molar-refractivity contribution in [3.05, 3.63) is 48.3 Å². The van der Waals surface area contributed by atoms with Gasteiger partial charge in [0.05, 0.1) is 12.0 Å². The number of halogens is 1. The third kappa shape index (κ3) is 2.91. The molecule has 0 saturated carbocycles. The summed E-state index contributed by atoms with van der Waals surface area (Å²) < 4.78 is 41.1. The van der Waals surface area contributed by atoms with Crippen LogP contribution in [-0.2, 0) is 10.0 Å². The third-order valence-electron chi connectivity index (χ3n) is 2.65. The van der Waals surface area contributed by atoms with Crippen molar-refractivity contribution < 1.29 is 17.5 Å². The molecule has 0 unspecified atom stereocenters. The Balaban J connectivity index is 2.68. The summed E-state index contributed by atoms with van der Waals surface area (Å²) in [6, 6.07) is 9.90. The van der Waals surface area contributed by atoms with Crippen LogP contribution in [0.15, 0.2) is 47.4 Å². The highest BCUT2D eigenvalue weighted by Crippen LogP contribution is 2.30. The number of primary sulfonamides is 1. The molecule has 19 heavy (non-hydrogen) atoms. The van der Waals surface area contributed by atoms with Crippen molar-refractivity contribution in [3.63, 3.8) is 0 Å². The fourth-order valence-corrected chi connectivity index (χ4v) is 2.48. The molecule has 0 saturated heterocycles. The molecule has 0 radical (unpaired) electrons. The summed E-state index contributed by atoms with van der Waals surface area (Å²) in [5, 5.41) is 5.17. The zero-order valence-electron chi connectivity index (χ0n) is 10.1. The number of ether oxygens (including phenoxy) is 1. The van der Waals surface area contributed by atoms with Crippen LogP contribution in [0.5, 0.6) is 5.75 Å². The molecule has 4 nitrogen and oxygen atoms in total. The fraction of sp³-hybridized carbons (Fsp3) is 0.0769.